The predicted octanol–water partition coefficient (Wildman–Crippen LogP) is 0.762. The van der Waals surface area contributed by atoms with Crippen LogP contribution in [-0.4, -0.2) is 35.3 Å². The number of amides is 2. The summed E-state index contributed by atoms with van der Waals surface area (Å²) < 4.78 is 0. The van der Waals surface area contributed by atoms with Crippen LogP contribution in [0.15, 0.2) is 0 Å². The largest absolute Gasteiger partial charge is 0.370 e. The molecule has 0 bridgehead atoms. The molecule has 0 unspecified atom stereocenters. The highest BCUT2D eigenvalue weighted by atomic mass is 16.2. The Morgan fingerprint density at radius 1 is 1.11 bits per heavy atom. The maximum atomic E-state index is 12.5. The lowest BCUT2D eigenvalue weighted by molar-refractivity contribution is -0.139. The van der Waals surface area contributed by atoms with E-state index in [1.54, 1.807) is 0 Å². The molecular weight excluding hydrogens is 242 g/mol. The van der Waals surface area contributed by atoms with Crippen LogP contribution in [0.4, 0.5) is 0 Å². The molecule has 2 amide bonds. The van der Waals surface area contributed by atoms with Crippen molar-refractivity contribution in [3.8, 4) is 0 Å². The average molecular weight is 267 g/mol. The van der Waals surface area contributed by atoms with Crippen LogP contribution >= 0.6 is 0 Å². The second-order valence-electron chi connectivity index (χ2n) is 6.12. The molecule has 5 heteroatoms. The van der Waals surface area contributed by atoms with E-state index in [9.17, 15) is 9.59 Å². The molecule has 108 valence electrons. The van der Waals surface area contributed by atoms with Gasteiger partial charge < -0.3 is 16.4 Å². The minimum atomic E-state index is -0.630. The Hall–Kier alpha value is -1.10. The van der Waals surface area contributed by atoms with E-state index in [-0.39, 0.29) is 11.8 Å². The van der Waals surface area contributed by atoms with Crippen LogP contribution in [0.2, 0.25) is 0 Å². The van der Waals surface area contributed by atoms with Crippen LogP contribution in [0.25, 0.3) is 0 Å². The van der Waals surface area contributed by atoms with Crippen molar-refractivity contribution in [3.05, 3.63) is 0 Å². The number of rotatable bonds is 3. The molecule has 0 spiro atoms. The Kier molecular flexibility index (Phi) is 4.45. The summed E-state index contributed by atoms with van der Waals surface area (Å²) in [7, 11) is 0. The third-order valence-electron chi connectivity index (χ3n) is 4.56. The summed E-state index contributed by atoms with van der Waals surface area (Å²) >= 11 is 0. The van der Waals surface area contributed by atoms with Gasteiger partial charge in [-0.3, -0.25) is 9.59 Å². The number of carbonyl (C=O) groups is 2. The van der Waals surface area contributed by atoms with E-state index in [4.69, 9.17) is 11.5 Å². The number of carbonyl (C=O) groups excluding carboxylic acids is 2. The van der Waals surface area contributed by atoms with Gasteiger partial charge in [-0.2, -0.15) is 0 Å². The van der Waals surface area contributed by atoms with Crippen molar-refractivity contribution in [2.24, 2.45) is 17.4 Å². The zero-order valence-corrected chi connectivity index (χ0v) is 11.6. The molecule has 2 rings (SSSR count). The van der Waals surface area contributed by atoms with Crippen molar-refractivity contribution < 1.29 is 9.59 Å². The highest BCUT2D eigenvalue weighted by Crippen LogP contribution is 2.29. The second-order valence-corrected chi connectivity index (χ2v) is 6.12. The van der Waals surface area contributed by atoms with Crippen LogP contribution in [0.5, 0.6) is 0 Å². The number of likely N-dealkylation sites (tertiary alicyclic amines) is 1. The third kappa shape index (κ3) is 3.47. The van der Waals surface area contributed by atoms with Gasteiger partial charge in [0.05, 0.1) is 5.54 Å². The number of primary amides is 1. The molecule has 0 atom stereocenters. The summed E-state index contributed by atoms with van der Waals surface area (Å²) in [5.74, 6) is 0.207. The lowest BCUT2D eigenvalue weighted by Gasteiger charge is -2.39. The molecule has 1 heterocycles. The standard InChI is InChI=1S/C14H25N3O2/c15-12(18)10-11-4-8-17(9-5-11)13(19)14(16)6-2-1-3-7-14/h11H,1-10,16H2,(H2,15,18). The first kappa shape index (κ1) is 14.3. The van der Waals surface area contributed by atoms with Crippen molar-refractivity contribution in [2.75, 3.05) is 13.1 Å². The summed E-state index contributed by atoms with van der Waals surface area (Å²) in [4.78, 5) is 25.3. The zero-order chi connectivity index (χ0) is 13.9. The summed E-state index contributed by atoms with van der Waals surface area (Å²) in [6, 6.07) is 0. The number of piperidine rings is 1. The molecule has 1 saturated carbocycles. The Morgan fingerprint density at radius 2 is 1.68 bits per heavy atom. The van der Waals surface area contributed by atoms with E-state index < -0.39 is 5.54 Å². The zero-order valence-electron chi connectivity index (χ0n) is 11.6. The Labute approximate surface area is 114 Å². The normalized spacial score (nSPS) is 24.2. The van der Waals surface area contributed by atoms with Crippen LogP contribution in [-0.2, 0) is 9.59 Å². The first-order valence-corrected chi connectivity index (χ1v) is 7.38. The number of nitrogens with zero attached hydrogens (tertiary/aromatic N) is 1. The van der Waals surface area contributed by atoms with E-state index in [0.717, 1.165) is 51.6 Å². The maximum Gasteiger partial charge on any atom is 0.242 e. The molecule has 1 aliphatic carbocycles. The molecule has 2 fully saturated rings. The molecule has 5 nitrogen and oxygen atoms in total. The van der Waals surface area contributed by atoms with E-state index >= 15 is 0 Å². The number of hydrogen-bond donors (Lipinski definition) is 2. The van der Waals surface area contributed by atoms with E-state index in [2.05, 4.69) is 0 Å². The van der Waals surface area contributed by atoms with Crippen LogP contribution in [0, 0.1) is 5.92 Å². The fourth-order valence-electron chi connectivity index (χ4n) is 3.34. The van der Waals surface area contributed by atoms with Gasteiger partial charge in [0.25, 0.3) is 0 Å². The first-order chi connectivity index (χ1) is 9.01. The molecule has 0 aromatic heterocycles. The third-order valence-corrected chi connectivity index (χ3v) is 4.56. The molecule has 0 radical (unpaired) electrons. The minimum Gasteiger partial charge on any atom is -0.370 e. The van der Waals surface area contributed by atoms with E-state index in [0.29, 0.717) is 12.3 Å². The van der Waals surface area contributed by atoms with Gasteiger partial charge in [0.2, 0.25) is 11.8 Å². The fraction of sp³-hybridized carbons (Fsp3) is 0.857. The van der Waals surface area contributed by atoms with Crippen LogP contribution < -0.4 is 11.5 Å². The Bertz CT molecular complexity index is 343. The highest BCUT2D eigenvalue weighted by Gasteiger charge is 2.39. The van der Waals surface area contributed by atoms with Crippen molar-refractivity contribution in [3.63, 3.8) is 0 Å². The van der Waals surface area contributed by atoms with Gasteiger partial charge in [0.1, 0.15) is 0 Å². The number of hydrogen-bond acceptors (Lipinski definition) is 3. The van der Waals surface area contributed by atoms with Crippen LogP contribution in [0.1, 0.15) is 51.4 Å². The van der Waals surface area contributed by atoms with Gasteiger partial charge in [-0.25, -0.2) is 0 Å². The Morgan fingerprint density at radius 3 is 2.21 bits per heavy atom. The molecule has 19 heavy (non-hydrogen) atoms. The molecular formula is C14H25N3O2. The van der Waals surface area contributed by atoms with Gasteiger partial charge in [0.15, 0.2) is 0 Å². The quantitative estimate of drug-likeness (QED) is 0.791. The summed E-state index contributed by atoms with van der Waals surface area (Å²) in [5, 5.41) is 0. The van der Waals surface area contributed by atoms with Gasteiger partial charge in [-0.05, 0) is 31.6 Å². The average Bonchev–Trinajstić information content (AvgIpc) is 2.39. The first-order valence-electron chi connectivity index (χ1n) is 7.38. The molecule has 0 aromatic rings. The second kappa shape index (κ2) is 5.90. The lowest BCUT2D eigenvalue weighted by atomic mass is 9.81. The monoisotopic (exact) mass is 267 g/mol. The summed E-state index contributed by atoms with van der Waals surface area (Å²) in [6.07, 6.45) is 7.10. The SMILES string of the molecule is NC(=O)CC1CCN(C(=O)C2(N)CCCCC2)CC1. The highest BCUT2D eigenvalue weighted by molar-refractivity contribution is 5.86. The van der Waals surface area contributed by atoms with Crippen molar-refractivity contribution in [1.82, 2.24) is 4.90 Å². The fourth-order valence-corrected chi connectivity index (χ4v) is 3.34. The van der Waals surface area contributed by atoms with E-state index in [1.807, 2.05) is 4.90 Å². The molecule has 4 N–H and O–H groups in total. The van der Waals surface area contributed by atoms with E-state index in [1.165, 1.54) is 6.42 Å². The van der Waals surface area contributed by atoms with Crippen molar-refractivity contribution in [2.45, 2.75) is 56.9 Å². The van der Waals surface area contributed by atoms with Gasteiger partial charge in [-0.15, -0.1) is 0 Å². The lowest BCUT2D eigenvalue weighted by Crippen LogP contribution is -2.57. The molecule has 1 aliphatic heterocycles. The molecule has 1 saturated heterocycles. The predicted molar refractivity (Wildman–Crippen MR) is 73.1 cm³/mol. The number of nitrogens with two attached hydrogens (primary N) is 2. The summed E-state index contributed by atoms with van der Waals surface area (Å²) in [5.41, 5.74) is 10.9. The smallest absolute Gasteiger partial charge is 0.242 e. The van der Waals surface area contributed by atoms with Gasteiger partial charge >= 0.3 is 0 Å². The maximum absolute atomic E-state index is 12.5. The van der Waals surface area contributed by atoms with Crippen LogP contribution in [0.3, 0.4) is 0 Å². The minimum absolute atomic E-state index is 0.115. The van der Waals surface area contributed by atoms with Gasteiger partial charge in [0, 0.05) is 19.5 Å². The summed E-state index contributed by atoms with van der Waals surface area (Å²) in [6.45, 7) is 1.44. The van der Waals surface area contributed by atoms with Gasteiger partial charge in [-0.1, -0.05) is 19.3 Å². The molecule has 2 aliphatic rings. The van der Waals surface area contributed by atoms with Crippen molar-refractivity contribution in [1.29, 1.82) is 0 Å². The Balaban J connectivity index is 1.86. The molecule has 0 aromatic carbocycles. The topological polar surface area (TPSA) is 89.4 Å². The van der Waals surface area contributed by atoms with Crippen molar-refractivity contribution >= 4 is 11.8 Å².